The molecule has 0 radical (unpaired) electrons. The lowest BCUT2D eigenvalue weighted by Gasteiger charge is -2.26. The lowest BCUT2D eigenvalue weighted by molar-refractivity contribution is 0.0664. The van der Waals surface area contributed by atoms with Crippen molar-refractivity contribution >= 4 is 27.4 Å². The standard InChI is InChI=1S/C13H20BrN3O/c1-3-10-8-17(5-4-6-18-10)13-12(14)9(2)11(15)7-16-13/h7,10H,3-6,8,15H2,1-2H3. The molecule has 100 valence electrons. The molecule has 0 bridgehead atoms. The van der Waals surface area contributed by atoms with Crippen molar-refractivity contribution in [3.8, 4) is 0 Å². The van der Waals surface area contributed by atoms with Crippen LogP contribution in [0.25, 0.3) is 0 Å². The maximum absolute atomic E-state index is 5.87. The normalized spacial score (nSPS) is 20.8. The zero-order chi connectivity index (χ0) is 13.1. The van der Waals surface area contributed by atoms with E-state index in [0.717, 1.165) is 54.1 Å². The van der Waals surface area contributed by atoms with Gasteiger partial charge in [-0.15, -0.1) is 0 Å². The Morgan fingerprint density at radius 2 is 2.39 bits per heavy atom. The Morgan fingerprint density at radius 3 is 3.11 bits per heavy atom. The van der Waals surface area contributed by atoms with E-state index in [4.69, 9.17) is 10.5 Å². The second kappa shape index (κ2) is 5.89. The topological polar surface area (TPSA) is 51.4 Å². The summed E-state index contributed by atoms with van der Waals surface area (Å²) in [6.07, 6.45) is 4.09. The van der Waals surface area contributed by atoms with Crippen molar-refractivity contribution in [2.75, 3.05) is 30.3 Å². The number of pyridine rings is 1. The van der Waals surface area contributed by atoms with Crippen LogP contribution >= 0.6 is 15.9 Å². The average molecular weight is 314 g/mol. The first-order valence-corrected chi connectivity index (χ1v) is 7.20. The Kier molecular flexibility index (Phi) is 4.45. The Labute approximate surface area is 117 Å². The minimum Gasteiger partial charge on any atom is -0.397 e. The molecular formula is C13H20BrN3O. The van der Waals surface area contributed by atoms with Gasteiger partial charge in [0, 0.05) is 19.7 Å². The summed E-state index contributed by atoms with van der Waals surface area (Å²) < 4.78 is 6.79. The molecular weight excluding hydrogens is 294 g/mol. The van der Waals surface area contributed by atoms with Crippen LogP contribution in [0.1, 0.15) is 25.3 Å². The van der Waals surface area contributed by atoms with Gasteiger partial charge < -0.3 is 15.4 Å². The van der Waals surface area contributed by atoms with Gasteiger partial charge in [0.2, 0.25) is 0 Å². The molecule has 1 aromatic heterocycles. The van der Waals surface area contributed by atoms with Gasteiger partial charge in [-0.05, 0) is 41.3 Å². The zero-order valence-electron chi connectivity index (χ0n) is 10.9. The summed E-state index contributed by atoms with van der Waals surface area (Å²) in [5, 5.41) is 0. The van der Waals surface area contributed by atoms with Gasteiger partial charge in [0.15, 0.2) is 0 Å². The highest BCUT2D eigenvalue weighted by atomic mass is 79.9. The van der Waals surface area contributed by atoms with Crippen molar-refractivity contribution in [1.82, 2.24) is 4.98 Å². The highest BCUT2D eigenvalue weighted by Crippen LogP contribution is 2.31. The maximum Gasteiger partial charge on any atom is 0.143 e. The van der Waals surface area contributed by atoms with E-state index in [9.17, 15) is 0 Å². The van der Waals surface area contributed by atoms with E-state index in [1.807, 2.05) is 6.92 Å². The van der Waals surface area contributed by atoms with Crippen LogP contribution in [-0.2, 0) is 4.74 Å². The summed E-state index contributed by atoms with van der Waals surface area (Å²) in [6.45, 7) is 6.87. The first-order valence-electron chi connectivity index (χ1n) is 6.40. The molecule has 1 unspecified atom stereocenters. The number of ether oxygens (including phenoxy) is 1. The van der Waals surface area contributed by atoms with Crippen LogP contribution in [0.5, 0.6) is 0 Å². The Morgan fingerprint density at radius 1 is 1.61 bits per heavy atom. The number of halogens is 1. The van der Waals surface area contributed by atoms with Gasteiger partial charge in [-0.3, -0.25) is 0 Å². The van der Waals surface area contributed by atoms with Crippen LogP contribution in [0, 0.1) is 6.92 Å². The van der Waals surface area contributed by atoms with E-state index in [1.165, 1.54) is 0 Å². The first kappa shape index (κ1) is 13.6. The Bertz CT molecular complexity index is 425. The molecule has 1 saturated heterocycles. The molecule has 4 nitrogen and oxygen atoms in total. The SMILES string of the molecule is CCC1CN(c2ncc(N)c(C)c2Br)CCCO1. The molecule has 1 aromatic rings. The quantitative estimate of drug-likeness (QED) is 0.912. The molecule has 0 aromatic carbocycles. The van der Waals surface area contributed by atoms with E-state index < -0.39 is 0 Å². The third-order valence-corrected chi connectivity index (χ3v) is 4.34. The molecule has 1 aliphatic heterocycles. The monoisotopic (exact) mass is 313 g/mol. The minimum atomic E-state index is 0.291. The summed E-state index contributed by atoms with van der Waals surface area (Å²) in [7, 11) is 0. The third kappa shape index (κ3) is 2.78. The summed E-state index contributed by atoms with van der Waals surface area (Å²) in [6, 6.07) is 0. The number of hydrogen-bond acceptors (Lipinski definition) is 4. The second-order valence-electron chi connectivity index (χ2n) is 4.68. The number of rotatable bonds is 2. The Hall–Kier alpha value is -0.810. The van der Waals surface area contributed by atoms with Crippen LogP contribution in [0.15, 0.2) is 10.7 Å². The molecule has 1 atom stereocenters. The van der Waals surface area contributed by atoms with Crippen molar-refractivity contribution < 1.29 is 4.74 Å². The van der Waals surface area contributed by atoms with Gasteiger partial charge in [-0.2, -0.15) is 0 Å². The number of aromatic nitrogens is 1. The van der Waals surface area contributed by atoms with Crippen LogP contribution < -0.4 is 10.6 Å². The number of nitrogen functional groups attached to an aromatic ring is 1. The Balaban J connectivity index is 2.27. The molecule has 2 rings (SSSR count). The fourth-order valence-electron chi connectivity index (χ4n) is 2.13. The van der Waals surface area contributed by atoms with Crippen molar-refractivity contribution in [2.45, 2.75) is 32.8 Å². The van der Waals surface area contributed by atoms with E-state index in [1.54, 1.807) is 6.20 Å². The van der Waals surface area contributed by atoms with Gasteiger partial charge in [0.25, 0.3) is 0 Å². The second-order valence-corrected chi connectivity index (χ2v) is 5.47. The molecule has 0 aliphatic carbocycles. The van der Waals surface area contributed by atoms with Gasteiger partial charge >= 0.3 is 0 Å². The van der Waals surface area contributed by atoms with E-state index in [2.05, 4.69) is 32.7 Å². The predicted octanol–water partition coefficient (Wildman–Crippen LogP) is 2.74. The molecule has 0 saturated carbocycles. The fraction of sp³-hybridized carbons (Fsp3) is 0.615. The summed E-state index contributed by atoms with van der Waals surface area (Å²) in [4.78, 5) is 6.76. The summed E-state index contributed by atoms with van der Waals surface area (Å²) >= 11 is 3.61. The van der Waals surface area contributed by atoms with Gasteiger partial charge in [0.1, 0.15) is 5.82 Å². The molecule has 2 heterocycles. The van der Waals surface area contributed by atoms with Crippen molar-refractivity contribution in [3.05, 3.63) is 16.2 Å². The van der Waals surface area contributed by atoms with Crippen molar-refractivity contribution in [3.63, 3.8) is 0 Å². The molecule has 0 spiro atoms. The van der Waals surface area contributed by atoms with Crippen molar-refractivity contribution in [1.29, 1.82) is 0 Å². The maximum atomic E-state index is 5.87. The summed E-state index contributed by atoms with van der Waals surface area (Å²) in [5.74, 6) is 0.977. The number of nitrogens with two attached hydrogens (primary N) is 1. The van der Waals surface area contributed by atoms with E-state index in [0.29, 0.717) is 6.10 Å². The molecule has 18 heavy (non-hydrogen) atoms. The summed E-state index contributed by atoms with van der Waals surface area (Å²) in [5.41, 5.74) is 7.65. The lowest BCUT2D eigenvalue weighted by Crippen LogP contribution is -2.32. The molecule has 1 fully saturated rings. The number of nitrogens with zero attached hydrogens (tertiary/aromatic N) is 2. The highest BCUT2D eigenvalue weighted by Gasteiger charge is 2.21. The average Bonchev–Trinajstić information content (AvgIpc) is 2.61. The minimum absolute atomic E-state index is 0.291. The molecule has 5 heteroatoms. The fourth-order valence-corrected chi connectivity index (χ4v) is 2.72. The molecule has 2 N–H and O–H groups in total. The van der Waals surface area contributed by atoms with Crippen molar-refractivity contribution in [2.24, 2.45) is 0 Å². The smallest absolute Gasteiger partial charge is 0.143 e. The third-order valence-electron chi connectivity index (χ3n) is 3.39. The van der Waals surface area contributed by atoms with Crippen LogP contribution in [0.4, 0.5) is 11.5 Å². The number of hydrogen-bond donors (Lipinski definition) is 1. The first-order chi connectivity index (χ1) is 8.63. The molecule has 1 aliphatic rings. The molecule has 0 amide bonds. The van der Waals surface area contributed by atoms with Crippen LogP contribution in [-0.4, -0.2) is 30.8 Å². The predicted molar refractivity (Wildman–Crippen MR) is 77.9 cm³/mol. The van der Waals surface area contributed by atoms with Gasteiger partial charge in [-0.1, -0.05) is 6.92 Å². The van der Waals surface area contributed by atoms with Gasteiger partial charge in [0.05, 0.1) is 22.5 Å². The lowest BCUT2D eigenvalue weighted by atomic mass is 10.2. The van der Waals surface area contributed by atoms with Gasteiger partial charge in [-0.25, -0.2) is 4.98 Å². The largest absolute Gasteiger partial charge is 0.397 e. The zero-order valence-corrected chi connectivity index (χ0v) is 12.5. The van der Waals surface area contributed by atoms with Crippen LogP contribution in [0.3, 0.4) is 0 Å². The number of anilines is 2. The van der Waals surface area contributed by atoms with Crippen LogP contribution in [0.2, 0.25) is 0 Å². The highest BCUT2D eigenvalue weighted by molar-refractivity contribution is 9.10. The van der Waals surface area contributed by atoms with E-state index >= 15 is 0 Å². The van der Waals surface area contributed by atoms with E-state index in [-0.39, 0.29) is 0 Å².